The minimum atomic E-state index is -0.835. The van der Waals surface area contributed by atoms with Crippen LogP contribution in [0.1, 0.15) is 36.8 Å². The van der Waals surface area contributed by atoms with E-state index in [0.717, 1.165) is 0 Å². The summed E-state index contributed by atoms with van der Waals surface area (Å²) in [6, 6.07) is 16.4. The summed E-state index contributed by atoms with van der Waals surface area (Å²) in [7, 11) is 0. The lowest BCUT2D eigenvalue weighted by atomic mass is 9.77. The van der Waals surface area contributed by atoms with Crippen LogP contribution < -0.4 is 5.32 Å². The number of rotatable bonds is 7. The molecular weight excluding hydrogens is 420 g/mol. The molecule has 2 fully saturated rings. The second-order valence-electron chi connectivity index (χ2n) is 9.44. The number of nitrogens with zero attached hydrogens (tertiary/aromatic N) is 1. The molecule has 1 saturated carbocycles. The number of hydrogen-bond acceptors (Lipinski definition) is 4. The Morgan fingerprint density at radius 3 is 2.24 bits per heavy atom. The molecule has 0 radical (unpaired) electrons. The van der Waals surface area contributed by atoms with Gasteiger partial charge in [-0.2, -0.15) is 0 Å². The number of fused-ring (bicyclic) bond motifs is 3. The maximum absolute atomic E-state index is 12.6. The van der Waals surface area contributed by atoms with Crippen molar-refractivity contribution in [3.8, 4) is 11.1 Å². The van der Waals surface area contributed by atoms with Crippen LogP contribution >= 0.6 is 0 Å². The van der Waals surface area contributed by atoms with Crippen LogP contribution in [0.25, 0.3) is 11.1 Å². The van der Waals surface area contributed by atoms with Crippen LogP contribution in [0.4, 0.5) is 4.79 Å². The number of benzene rings is 2. The first-order valence-electron chi connectivity index (χ1n) is 11.5. The van der Waals surface area contributed by atoms with Gasteiger partial charge in [-0.1, -0.05) is 55.5 Å². The van der Waals surface area contributed by atoms with E-state index in [1.54, 1.807) is 4.90 Å². The van der Waals surface area contributed by atoms with Gasteiger partial charge in [0.05, 0.1) is 0 Å². The number of carboxylic acid groups (broad SMARTS) is 1. The Bertz CT molecular complexity index is 1060. The number of alkyl carbamates (subject to hydrolysis) is 1. The van der Waals surface area contributed by atoms with E-state index in [1.165, 1.54) is 22.3 Å². The number of carbonyl (C=O) groups excluding carboxylic acids is 2. The van der Waals surface area contributed by atoms with Gasteiger partial charge in [0.25, 0.3) is 0 Å². The molecule has 1 aliphatic heterocycles. The van der Waals surface area contributed by atoms with Gasteiger partial charge in [0.1, 0.15) is 12.0 Å². The molecule has 0 unspecified atom stereocenters. The zero-order chi connectivity index (χ0) is 23.2. The van der Waals surface area contributed by atoms with E-state index in [-0.39, 0.29) is 43.4 Å². The fraction of sp³-hybridized carbons (Fsp3) is 0.423. The summed E-state index contributed by atoms with van der Waals surface area (Å²) < 4.78 is 5.55. The highest BCUT2D eigenvalue weighted by atomic mass is 16.5. The number of carboxylic acids is 1. The molecule has 5 rings (SSSR count). The molecule has 0 bridgehead atoms. The van der Waals surface area contributed by atoms with E-state index in [1.807, 2.05) is 31.2 Å². The Balaban J connectivity index is 1.09. The van der Waals surface area contributed by atoms with Crippen LogP contribution in [0, 0.1) is 17.3 Å². The van der Waals surface area contributed by atoms with Gasteiger partial charge in [-0.25, -0.2) is 4.79 Å². The van der Waals surface area contributed by atoms with Crippen molar-refractivity contribution in [2.24, 2.45) is 17.3 Å². The number of ether oxygens (including phenoxy) is 1. The Labute approximate surface area is 192 Å². The molecule has 1 saturated heterocycles. The zero-order valence-electron chi connectivity index (χ0n) is 18.6. The molecule has 0 aromatic heterocycles. The van der Waals surface area contributed by atoms with E-state index in [4.69, 9.17) is 4.74 Å². The molecule has 2 atom stereocenters. The van der Waals surface area contributed by atoms with Gasteiger partial charge in [-0.3, -0.25) is 9.59 Å². The molecule has 2 amide bonds. The summed E-state index contributed by atoms with van der Waals surface area (Å²) in [5.74, 6) is -0.877. The average Bonchev–Trinajstić information content (AvgIpc) is 3.50. The summed E-state index contributed by atoms with van der Waals surface area (Å²) in [5.41, 5.74) is 3.90. The molecule has 0 spiro atoms. The molecule has 2 aromatic carbocycles. The summed E-state index contributed by atoms with van der Waals surface area (Å²) >= 11 is 0. The van der Waals surface area contributed by atoms with E-state index in [0.29, 0.717) is 19.4 Å². The second-order valence-corrected chi connectivity index (χ2v) is 9.44. The highest BCUT2D eigenvalue weighted by Crippen LogP contribution is 2.45. The van der Waals surface area contributed by atoms with Crippen LogP contribution in [0.15, 0.2) is 48.5 Å². The predicted octanol–water partition coefficient (Wildman–Crippen LogP) is 3.48. The Kier molecular flexibility index (Phi) is 5.35. The first kappa shape index (κ1) is 21.5. The Morgan fingerprint density at radius 2 is 1.67 bits per heavy atom. The van der Waals surface area contributed by atoms with Crippen molar-refractivity contribution >= 4 is 18.0 Å². The molecule has 2 N–H and O–H groups in total. The van der Waals surface area contributed by atoms with E-state index in [9.17, 15) is 19.5 Å². The molecule has 3 aliphatic rings. The van der Waals surface area contributed by atoms with Crippen molar-refractivity contribution in [3.63, 3.8) is 0 Å². The summed E-state index contributed by atoms with van der Waals surface area (Å²) in [6.45, 7) is 3.04. The van der Waals surface area contributed by atoms with Crippen LogP contribution in [0.2, 0.25) is 0 Å². The lowest BCUT2D eigenvalue weighted by Gasteiger charge is -2.47. The quantitative estimate of drug-likeness (QED) is 0.676. The highest BCUT2D eigenvalue weighted by molar-refractivity contribution is 5.86. The van der Waals surface area contributed by atoms with Gasteiger partial charge in [0.15, 0.2) is 0 Å². The maximum Gasteiger partial charge on any atom is 0.407 e. The number of hydrogen-bond donors (Lipinski definition) is 2. The van der Waals surface area contributed by atoms with Crippen molar-refractivity contribution in [1.29, 1.82) is 0 Å². The van der Waals surface area contributed by atoms with Crippen molar-refractivity contribution in [2.75, 3.05) is 26.2 Å². The van der Waals surface area contributed by atoms with Crippen LogP contribution in [-0.4, -0.2) is 54.2 Å². The topological polar surface area (TPSA) is 95.9 Å². The fourth-order valence-corrected chi connectivity index (χ4v) is 5.22. The maximum atomic E-state index is 12.6. The first-order chi connectivity index (χ1) is 15.9. The number of carbonyl (C=O) groups is 3. The van der Waals surface area contributed by atoms with Crippen molar-refractivity contribution < 1.29 is 24.2 Å². The second kappa shape index (κ2) is 8.21. The van der Waals surface area contributed by atoms with Gasteiger partial charge in [0.2, 0.25) is 5.91 Å². The minimum Gasteiger partial charge on any atom is -0.481 e. The lowest BCUT2D eigenvalue weighted by Crippen LogP contribution is -2.62. The van der Waals surface area contributed by atoms with E-state index in [2.05, 4.69) is 29.6 Å². The van der Waals surface area contributed by atoms with E-state index < -0.39 is 17.5 Å². The molecule has 7 nitrogen and oxygen atoms in total. The van der Waals surface area contributed by atoms with Gasteiger partial charge in [0, 0.05) is 31.5 Å². The number of amides is 2. The molecule has 7 heteroatoms. The van der Waals surface area contributed by atoms with Crippen LogP contribution in [-0.2, 0) is 14.3 Å². The minimum absolute atomic E-state index is 0.000313. The van der Waals surface area contributed by atoms with Crippen molar-refractivity contribution in [1.82, 2.24) is 10.2 Å². The van der Waals surface area contributed by atoms with Gasteiger partial charge >= 0.3 is 12.1 Å². The Morgan fingerprint density at radius 1 is 1.06 bits per heavy atom. The summed E-state index contributed by atoms with van der Waals surface area (Å²) in [4.78, 5) is 38.0. The van der Waals surface area contributed by atoms with E-state index >= 15 is 0 Å². The van der Waals surface area contributed by atoms with Crippen molar-refractivity contribution in [2.45, 2.75) is 25.7 Å². The molecule has 2 aromatic rings. The number of aliphatic carboxylic acids is 1. The number of nitrogens with one attached hydrogen (secondary N) is 1. The SMILES string of the molecule is CCC1(C(=O)O)CN(C(=O)[C@@H]2C[C@@H]2CNC(=O)OCC2c3ccccc3-c3ccccc32)C1. The third-order valence-corrected chi connectivity index (χ3v) is 7.52. The predicted molar refractivity (Wildman–Crippen MR) is 122 cm³/mol. The number of likely N-dealkylation sites (tertiary alicyclic amines) is 1. The first-order valence-corrected chi connectivity index (χ1v) is 11.5. The third-order valence-electron chi connectivity index (χ3n) is 7.52. The van der Waals surface area contributed by atoms with Gasteiger partial charge in [-0.05, 0) is 41.0 Å². The van der Waals surface area contributed by atoms with Crippen LogP contribution in [0.3, 0.4) is 0 Å². The molecule has 2 aliphatic carbocycles. The third kappa shape index (κ3) is 3.75. The monoisotopic (exact) mass is 448 g/mol. The van der Waals surface area contributed by atoms with Crippen molar-refractivity contribution in [3.05, 3.63) is 59.7 Å². The zero-order valence-corrected chi connectivity index (χ0v) is 18.6. The smallest absolute Gasteiger partial charge is 0.407 e. The molecule has 33 heavy (non-hydrogen) atoms. The molecule has 172 valence electrons. The molecular formula is C26H28N2O5. The average molecular weight is 449 g/mol. The lowest BCUT2D eigenvalue weighted by molar-refractivity contribution is -0.167. The Hall–Kier alpha value is -3.35. The summed E-state index contributed by atoms with van der Waals surface area (Å²) in [6.07, 6.45) is 0.754. The fourth-order valence-electron chi connectivity index (χ4n) is 5.22. The van der Waals surface area contributed by atoms with Gasteiger partial charge < -0.3 is 20.1 Å². The van der Waals surface area contributed by atoms with Crippen LogP contribution in [0.5, 0.6) is 0 Å². The standard InChI is InChI=1S/C26H28N2O5/c1-2-26(24(30)31)14-28(15-26)23(29)21-11-16(21)12-27-25(32)33-13-22-19-9-5-3-7-17(19)18-8-4-6-10-20(18)22/h3-10,16,21-22H,2,11-15H2,1H3,(H,27,32)(H,30,31)/t16-,21-/m1/s1. The normalized spacial score (nSPS) is 22.0. The highest BCUT2D eigenvalue weighted by Gasteiger charge is 2.54. The van der Waals surface area contributed by atoms with Gasteiger partial charge in [-0.15, -0.1) is 0 Å². The summed E-state index contributed by atoms with van der Waals surface area (Å²) in [5, 5.41) is 12.2. The largest absolute Gasteiger partial charge is 0.481 e. The molecule has 1 heterocycles.